The number of nitrogens with zero attached hydrogens (tertiary/aromatic N) is 4. The maximum Gasteiger partial charge on any atom is 0.105 e. The summed E-state index contributed by atoms with van der Waals surface area (Å²) in [6.07, 6.45) is 3.92. The van der Waals surface area contributed by atoms with Crippen molar-refractivity contribution in [2.45, 2.75) is 20.0 Å². The van der Waals surface area contributed by atoms with Crippen molar-refractivity contribution in [3.05, 3.63) is 52.0 Å². The van der Waals surface area contributed by atoms with E-state index in [0.29, 0.717) is 10.0 Å². The Balaban J connectivity index is 1.45. The number of aryl methyl sites for hydroxylation is 1. The van der Waals surface area contributed by atoms with E-state index in [1.807, 2.05) is 18.3 Å². The summed E-state index contributed by atoms with van der Waals surface area (Å²) in [6.45, 7) is 9.47. The van der Waals surface area contributed by atoms with Crippen LogP contribution in [0.1, 0.15) is 11.4 Å². The van der Waals surface area contributed by atoms with E-state index in [4.69, 9.17) is 23.2 Å². The Kier molecular flexibility index (Phi) is 5.59. The molecule has 4 nitrogen and oxygen atoms in total. The summed E-state index contributed by atoms with van der Waals surface area (Å²) in [6, 6.07) is 5.91. The van der Waals surface area contributed by atoms with Gasteiger partial charge in [0.1, 0.15) is 5.82 Å². The van der Waals surface area contributed by atoms with Crippen molar-refractivity contribution < 1.29 is 0 Å². The zero-order valence-electron chi connectivity index (χ0n) is 13.4. The normalized spacial score (nSPS) is 16.8. The summed E-state index contributed by atoms with van der Waals surface area (Å²) >= 11 is 12.1. The number of imidazole rings is 1. The van der Waals surface area contributed by atoms with E-state index < -0.39 is 0 Å². The number of piperazine rings is 1. The first kappa shape index (κ1) is 16.8. The Morgan fingerprint density at radius 1 is 1.00 bits per heavy atom. The molecule has 0 spiro atoms. The lowest BCUT2D eigenvalue weighted by molar-refractivity contribution is 0.124. The molecule has 6 heteroatoms. The van der Waals surface area contributed by atoms with Gasteiger partial charge in [-0.25, -0.2) is 4.98 Å². The lowest BCUT2D eigenvalue weighted by atomic mass is 10.2. The zero-order valence-corrected chi connectivity index (χ0v) is 14.9. The third-order valence-corrected chi connectivity index (χ3v) is 5.17. The SMILES string of the molecule is Cc1nccn1CCN1CCN(Cc2ccc(Cl)c(Cl)c2)CC1. The Morgan fingerprint density at radius 2 is 1.74 bits per heavy atom. The van der Waals surface area contributed by atoms with E-state index in [9.17, 15) is 0 Å². The van der Waals surface area contributed by atoms with Crippen LogP contribution in [0.15, 0.2) is 30.6 Å². The molecule has 0 aliphatic carbocycles. The van der Waals surface area contributed by atoms with Crippen molar-refractivity contribution in [2.75, 3.05) is 32.7 Å². The molecule has 1 aromatic carbocycles. The van der Waals surface area contributed by atoms with Crippen LogP contribution in [0.5, 0.6) is 0 Å². The molecule has 23 heavy (non-hydrogen) atoms. The van der Waals surface area contributed by atoms with Gasteiger partial charge in [-0.15, -0.1) is 0 Å². The van der Waals surface area contributed by atoms with Crippen molar-refractivity contribution in [1.82, 2.24) is 19.4 Å². The van der Waals surface area contributed by atoms with Crippen molar-refractivity contribution in [3.8, 4) is 0 Å². The lowest BCUT2D eigenvalue weighted by Gasteiger charge is -2.34. The van der Waals surface area contributed by atoms with Crippen molar-refractivity contribution in [1.29, 1.82) is 0 Å². The summed E-state index contributed by atoms with van der Waals surface area (Å²) in [4.78, 5) is 9.26. The van der Waals surface area contributed by atoms with Crippen LogP contribution in [0.3, 0.4) is 0 Å². The number of hydrogen-bond donors (Lipinski definition) is 0. The molecule has 0 saturated carbocycles. The molecule has 0 atom stereocenters. The van der Waals surface area contributed by atoms with Gasteiger partial charge in [0.15, 0.2) is 0 Å². The predicted molar refractivity (Wildman–Crippen MR) is 95.1 cm³/mol. The number of aromatic nitrogens is 2. The van der Waals surface area contributed by atoms with Gasteiger partial charge in [-0.1, -0.05) is 29.3 Å². The summed E-state index contributed by atoms with van der Waals surface area (Å²) in [5.41, 5.74) is 1.22. The second kappa shape index (κ2) is 7.67. The zero-order chi connectivity index (χ0) is 16.2. The van der Waals surface area contributed by atoms with Crippen LogP contribution >= 0.6 is 23.2 Å². The summed E-state index contributed by atoms with van der Waals surface area (Å²) in [7, 11) is 0. The molecule has 1 fully saturated rings. The van der Waals surface area contributed by atoms with Crippen LogP contribution in [0, 0.1) is 6.92 Å². The van der Waals surface area contributed by atoms with Gasteiger partial charge in [-0.2, -0.15) is 0 Å². The molecule has 0 amide bonds. The van der Waals surface area contributed by atoms with E-state index in [2.05, 4.69) is 38.5 Å². The molecule has 0 N–H and O–H groups in total. The standard InChI is InChI=1S/C17H22Cl2N4/c1-14-20-4-5-23(14)11-10-21-6-8-22(9-7-21)13-15-2-3-16(18)17(19)12-15/h2-5,12H,6-11,13H2,1H3. The fourth-order valence-electron chi connectivity index (χ4n) is 2.96. The van der Waals surface area contributed by atoms with E-state index in [-0.39, 0.29) is 0 Å². The fourth-order valence-corrected chi connectivity index (χ4v) is 3.28. The van der Waals surface area contributed by atoms with Gasteiger partial charge in [0.05, 0.1) is 10.0 Å². The van der Waals surface area contributed by atoms with Crippen LogP contribution in [-0.4, -0.2) is 52.1 Å². The molecule has 0 radical (unpaired) electrons. The monoisotopic (exact) mass is 352 g/mol. The average molecular weight is 353 g/mol. The molecule has 1 aromatic heterocycles. The minimum atomic E-state index is 0.620. The minimum absolute atomic E-state index is 0.620. The molecule has 2 heterocycles. The van der Waals surface area contributed by atoms with Crippen molar-refractivity contribution in [3.63, 3.8) is 0 Å². The van der Waals surface area contributed by atoms with Gasteiger partial charge in [0, 0.05) is 58.2 Å². The van der Waals surface area contributed by atoms with Gasteiger partial charge >= 0.3 is 0 Å². The smallest absolute Gasteiger partial charge is 0.105 e. The van der Waals surface area contributed by atoms with Gasteiger partial charge in [0.25, 0.3) is 0 Å². The number of halogens is 2. The highest BCUT2D eigenvalue weighted by molar-refractivity contribution is 6.42. The highest BCUT2D eigenvalue weighted by Gasteiger charge is 2.17. The quantitative estimate of drug-likeness (QED) is 0.824. The second-order valence-electron chi connectivity index (χ2n) is 6.03. The Hall–Kier alpha value is -1.07. The highest BCUT2D eigenvalue weighted by atomic mass is 35.5. The molecular formula is C17H22Cl2N4. The van der Waals surface area contributed by atoms with E-state index in [1.165, 1.54) is 5.56 Å². The summed E-state index contributed by atoms with van der Waals surface area (Å²) in [5, 5.41) is 1.26. The van der Waals surface area contributed by atoms with E-state index in [0.717, 1.165) is 51.6 Å². The number of hydrogen-bond acceptors (Lipinski definition) is 3. The van der Waals surface area contributed by atoms with Gasteiger partial charge in [-0.05, 0) is 24.6 Å². The van der Waals surface area contributed by atoms with Gasteiger partial charge in [0.2, 0.25) is 0 Å². The largest absolute Gasteiger partial charge is 0.334 e. The van der Waals surface area contributed by atoms with Crippen LogP contribution in [-0.2, 0) is 13.1 Å². The lowest BCUT2D eigenvalue weighted by Crippen LogP contribution is -2.46. The Morgan fingerprint density at radius 3 is 2.39 bits per heavy atom. The maximum atomic E-state index is 6.09. The van der Waals surface area contributed by atoms with E-state index >= 15 is 0 Å². The van der Waals surface area contributed by atoms with Crippen LogP contribution < -0.4 is 0 Å². The van der Waals surface area contributed by atoms with E-state index in [1.54, 1.807) is 0 Å². The van der Waals surface area contributed by atoms with Gasteiger partial charge in [-0.3, -0.25) is 9.80 Å². The molecule has 1 aliphatic rings. The third kappa shape index (κ3) is 4.48. The molecule has 0 bridgehead atoms. The van der Waals surface area contributed by atoms with Crippen molar-refractivity contribution in [2.24, 2.45) is 0 Å². The van der Waals surface area contributed by atoms with Gasteiger partial charge < -0.3 is 4.57 Å². The molecule has 1 aliphatic heterocycles. The number of rotatable bonds is 5. The van der Waals surface area contributed by atoms with Crippen LogP contribution in [0.4, 0.5) is 0 Å². The Bertz CT molecular complexity index is 648. The van der Waals surface area contributed by atoms with Crippen LogP contribution in [0.25, 0.3) is 0 Å². The fraction of sp³-hybridized carbons (Fsp3) is 0.471. The van der Waals surface area contributed by atoms with Crippen molar-refractivity contribution >= 4 is 23.2 Å². The molecular weight excluding hydrogens is 331 g/mol. The molecule has 1 saturated heterocycles. The average Bonchev–Trinajstić information content (AvgIpc) is 2.95. The topological polar surface area (TPSA) is 24.3 Å². The highest BCUT2D eigenvalue weighted by Crippen LogP contribution is 2.23. The second-order valence-corrected chi connectivity index (χ2v) is 6.85. The predicted octanol–water partition coefficient (Wildman–Crippen LogP) is 3.32. The maximum absolute atomic E-state index is 6.09. The minimum Gasteiger partial charge on any atom is -0.334 e. The Labute approximate surface area is 147 Å². The van der Waals surface area contributed by atoms with Crippen LogP contribution in [0.2, 0.25) is 10.0 Å². The number of benzene rings is 1. The third-order valence-electron chi connectivity index (χ3n) is 4.44. The molecule has 3 rings (SSSR count). The summed E-state index contributed by atoms with van der Waals surface area (Å²) in [5.74, 6) is 1.09. The first-order valence-corrected chi connectivity index (χ1v) is 8.74. The first-order chi connectivity index (χ1) is 11.1. The molecule has 124 valence electrons. The molecule has 2 aromatic rings. The summed E-state index contributed by atoms with van der Waals surface area (Å²) < 4.78 is 2.21. The molecule has 0 unspecified atom stereocenters. The first-order valence-electron chi connectivity index (χ1n) is 7.98.